The molecule has 122 valence electrons. The predicted molar refractivity (Wildman–Crippen MR) is 90.0 cm³/mol. The molecule has 0 spiro atoms. The fourth-order valence-electron chi connectivity index (χ4n) is 2.05. The van der Waals surface area contributed by atoms with Gasteiger partial charge in [0.15, 0.2) is 12.3 Å². The van der Waals surface area contributed by atoms with Gasteiger partial charge in [-0.05, 0) is 35.4 Å². The molecule has 0 aliphatic carbocycles. The van der Waals surface area contributed by atoms with Gasteiger partial charge in [0.2, 0.25) is 5.82 Å². The third-order valence-electron chi connectivity index (χ3n) is 3.24. The molecule has 0 atom stereocenters. The average Bonchev–Trinajstić information content (AvgIpc) is 3.02. The molecule has 3 rings (SSSR count). The first-order chi connectivity index (χ1) is 11.6. The number of anilines is 1. The maximum absolute atomic E-state index is 12.0. The minimum atomic E-state index is -0.376. The second-order valence-electron chi connectivity index (χ2n) is 5.12. The number of carbonyl (C=O) groups excluding carboxylic acids is 1. The van der Waals surface area contributed by atoms with Crippen LogP contribution >= 0.6 is 11.6 Å². The zero-order valence-corrected chi connectivity index (χ0v) is 13.6. The zero-order chi connectivity index (χ0) is 16.9. The zero-order valence-electron chi connectivity index (χ0n) is 12.8. The van der Waals surface area contributed by atoms with Crippen molar-refractivity contribution >= 4 is 23.3 Å². The van der Waals surface area contributed by atoms with Crippen LogP contribution in [0, 0.1) is 6.92 Å². The summed E-state index contributed by atoms with van der Waals surface area (Å²) in [5.74, 6) is 0.382. The van der Waals surface area contributed by atoms with Crippen molar-refractivity contribution in [2.24, 2.45) is 0 Å². The molecular formula is C17H14ClN3O3. The summed E-state index contributed by atoms with van der Waals surface area (Å²) in [5, 5.41) is 10.7. The van der Waals surface area contributed by atoms with Crippen molar-refractivity contribution in [2.45, 2.75) is 6.92 Å². The molecule has 0 aliphatic rings. The van der Waals surface area contributed by atoms with E-state index >= 15 is 0 Å². The molecule has 1 aromatic heterocycles. The van der Waals surface area contributed by atoms with Gasteiger partial charge in [-0.2, -0.15) is 0 Å². The van der Waals surface area contributed by atoms with E-state index in [2.05, 4.69) is 15.6 Å². The fourth-order valence-corrected chi connectivity index (χ4v) is 2.23. The Hall–Kier alpha value is -2.86. The highest BCUT2D eigenvalue weighted by Crippen LogP contribution is 2.24. The van der Waals surface area contributed by atoms with Gasteiger partial charge in [-0.1, -0.05) is 47.5 Å². The number of aryl methyl sites for hydroxylation is 1. The van der Waals surface area contributed by atoms with E-state index in [1.807, 2.05) is 31.2 Å². The first kappa shape index (κ1) is 16.0. The third-order valence-corrected chi connectivity index (χ3v) is 3.47. The van der Waals surface area contributed by atoms with Gasteiger partial charge in [-0.15, -0.1) is 0 Å². The molecule has 0 unspecified atom stereocenters. The van der Waals surface area contributed by atoms with Crippen molar-refractivity contribution in [2.75, 3.05) is 11.9 Å². The number of aromatic nitrogens is 2. The Kier molecular flexibility index (Phi) is 4.77. The molecule has 1 heterocycles. The van der Waals surface area contributed by atoms with Crippen molar-refractivity contribution in [3.05, 3.63) is 59.1 Å². The van der Waals surface area contributed by atoms with E-state index in [4.69, 9.17) is 21.0 Å². The summed E-state index contributed by atoms with van der Waals surface area (Å²) in [6.45, 7) is 1.81. The van der Waals surface area contributed by atoms with E-state index in [1.54, 1.807) is 24.3 Å². The number of benzene rings is 2. The number of halogens is 1. The highest BCUT2D eigenvalue weighted by molar-refractivity contribution is 6.30. The quantitative estimate of drug-likeness (QED) is 0.764. The van der Waals surface area contributed by atoms with Crippen LogP contribution in [0.25, 0.3) is 11.3 Å². The van der Waals surface area contributed by atoms with Crippen molar-refractivity contribution in [1.29, 1.82) is 0 Å². The van der Waals surface area contributed by atoms with Gasteiger partial charge in [0.05, 0.1) is 0 Å². The molecule has 6 nitrogen and oxygen atoms in total. The Bertz CT molecular complexity index is 846. The predicted octanol–water partition coefficient (Wildman–Crippen LogP) is 3.72. The Labute approximate surface area is 143 Å². The summed E-state index contributed by atoms with van der Waals surface area (Å²) in [5.41, 5.74) is 2.38. The lowest BCUT2D eigenvalue weighted by molar-refractivity contribution is -0.118. The summed E-state index contributed by atoms with van der Waals surface area (Å²) in [6.07, 6.45) is 0. The second-order valence-corrected chi connectivity index (χ2v) is 5.56. The van der Waals surface area contributed by atoms with E-state index in [1.165, 1.54) is 0 Å². The molecule has 0 fully saturated rings. The molecule has 3 aromatic rings. The number of rotatable bonds is 5. The molecule has 0 saturated carbocycles. The van der Waals surface area contributed by atoms with E-state index < -0.39 is 0 Å². The Morgan fingerprint density at radius 2 is 2.00 bits per heavy atom. The van der Waals surface area contributed by atoms with Crippen molar-refractivity contribution < 1.29 is 14.2 Å². The number of nitrogens with one attached hydrogen (secondary N) is 1. The first-order valence-electron chi connectivity index (χ1n) is 7.19. The van der Waals surface area contributed by atoms with Crippen LogP contribution in [0.2, 0.25) is 5.02 Å². The third kappa shape index (κ3) is 3.91. The SMILES string of the molecule is Cc1ccc(-c2nonc2NC(=O)COc2cccc(Cl)c2)cc1. The van der Waals surface area contributed by atoms with Crippen molar-refractivity contribution in [1.82, 2.24) is 10.3 Å². The van der Waals surface area contributed by atoms with Crippen LogP contribution in [0.4, 0.5) is 5.82 Å². The van der Waals surface area contributed by atoms with E-state index in [9.17, 15) is 4.79 Å². The monoisotopic (exact) mass is 343 g/mol. The molecule has 1 amide bonds. The number of hydrogen-bond donors (Lipinski definition) is 1. The van der Waals surface area contributed by atoms with Crippen molar-refractivity contribution in [3.8, 4) is 17.0 Å². The first-order valence-corrected chi connectivity index (χ1v) is 7.57. The number of amides is 1. The van der Waals surface area contributed by atoms with Crippen LogP contribution in [0.15, 0.2) is 53.2 Å². The van der Waals surface area contributed by atoms with Gasteiger partial charge in [-0.25, -0.2) is 4.63 Å². The summed E-state index contributed by atoms with van der Waals surface area (Å²) < 4.78 is 10.1. The molecule has 2 aromatic carbocycles. The fraction of sp³-hybridized carbons (Fsp3) is 0.118. The molecule has 7 heteroatoms. The van der Waals surface area contributed by atoms with Gasteiger partial charge >= 0.3 is 0 Å². The number of carbonyl (C=O) groups is 1. The van der Waals surface area contributed by atoms with Gasteiger partial charge in [-0.3, -0.25) is 4.79 Å². The smallest absolute Gasteiger partial charge is 0.263 e. The van der Waals surface area contributed by atoms with Gasteiger partial charge in [0.1, 0.15) is 5.75 Å². The van der Waals surface area contributed by atoms with E-state index in [0.29, 0.717) is 16.5 Å². The highest BCUT2D eigenvalue weighted by atomic mass is 35.5. The minimum absolute atomic E-state index is 0.180. The van der Waals surface area contributed by atoms with Gasteiger partial charge < -0.3 is 10.1 Å². The molecule has 0 saturated heterocycles. The summed E-state index contributed by atoms with van der Waals surface area (Å²) >= 11 is 5.86. The maximum Gasteiger partial charge on any atom is 0.263 e. The molecule has 1 N–H and O–H groups in total. The summed E-state index contributed by atoms with van der Waals surface area (Å²) in [7, 11) is 0. The topological polar surface area (TPSA) is 77.3 Å². The minimum Gasteiger partial charge on any atom is -0.484 e. The van der Waals surface area contributed by atoms with Gasteiger partial charge in [0, 0.05) is 10.6 Å². The number of hydrogen-bond acceptors (Lipinski definition) is 5. The second kappa shape index (κ2) is 7.14. The van der Waals surface area contributed by atoms with E-state index in [-0.39, 0.29) is 18.3 Å². The highest BCUT2D eigenvalue weighted by Gasteiger charge is 2.15. The Morgan fingerprint density at radius 1 is 1.21 bits per heavy atom. The van der Waals surface area contributed by atoms with Crippen LogP contribution < -0.4 is 10.1 Å². The molecule has 0 aliphatic heterocycles. The molecule has 0 bridgehead atoms. The molecular weight excluding hydrogens is 330 g/mol. The molecule has 0 radical (unpaired) electrons. The summed E-state index contributed by atoms with van der Waals surface area (Å²) in [6, 6.07) is 14.5. The Morgan fingerprint density at radius 3 is 2.75 bits per heavy atom. The van der Waals surface area contributed by atoms with Crippen molar-refractivity contribution in [3.63, 3.8) is 0 Å². The van der Waals surface area contributed by atoms with Crippen LogP contribution in [0.5, 0.6) is 5.75 Å². The lowest BCUT2D eigenvalue weighted by Crippen LogP contribution is -2.20. The largest absolute Gasteiger partial charge is 0.484 e. The Balaban J connectivity index is 1.65. The maximum atomic E-state index is 12.0. The number of nitrogens with zero attached hydrogens (tertiary/aromatic N) is 2. The summed E-state index contributed by atoms with van der Waals surface area (Å²) in [4.78, 5) is 12.0. The van der Waals surface area contributed by atoms with Crippen LogP contribution in [0.3, 0.4) is 0 Å². The molecule has 24 heavy (non-hydrogen) atoms. The number of ether oxygens (including phenoxy) is 1. The standard InChI is InChI=1S/C17H14ClN3O3/c1-11-5-7-12(8-6-11)16-17(21-24-20-16)19-15(22)10-23-14-4-2-3-13(18)9-14/h2-9H,10H2,1H3,(H,19,21,22). The normalized spacial score (nSPS) is 10.4. The lowest BCUT2D eigenvalue weighted by atomic mass is 10.1. The van der Waals surface area contributed by atoms with Crippen LogP contribution in [-0.4, -0.2) is 22.8 Å². The van der Waals surface area contributed by atoms with Crippen LogP contribution in [-0.2, 0) is 4.79 Å². The van der Waals surface area contributed by atoms with Crippen LogP contribution in [0.1, 0.15) is 5.56 Å². The van der Waals surface area contributed by atoms with Gasteiger partial charge in [0.25, 0.3) is 5.91 Å². The lowest BCUT2D eigenvalue weighted by Gasteiger charge is -2.06. The van der Waals surface area contributed by atoms with E-state index in [0.717, 1.165) is 11.1 Å². The average molecular weight is 344 g/mol.